The molecule has 2 N–H and O–H groups in total. The number of guanidine groups is 1. The number of hydrogen-bond donors (Lipinski definition) is 1. The lowest BCUT2D eigenvalue weighted by Gasteiger charge is -2.35. The molecule has 2 heterocycles. The van der Waals surface area contributed by atoms with E-state index in [0.29, 0.717) is 12.1 Å². The van der Waals surface area contributed by atoms with Crippen molar-refractivity contribution in [2.75, 3.05) is 44.2 Å². The van der Waals surface area contributed by atoms with Crippen molar-refractivity contribution in [3.63, 3.8) is 0 Å². The number of piperazine rings is 1. The van der Waals surface area contributed by atoms with Gasteiger partial charge < -0.3 is 20.3 Å². The highest BCUT2D eigenvalue weighted by Gasteiger charge is 2.19. The number of thiazole rings is 1. The molecule has 0 radical (unpaired) electrons. The van der Waals surface area contributed by atoms with Gasteiger partial charge in [0.2, 0.25) is 0 Å². The predicted octanol–water partition coefficient (Wildman–Crippen LogP) is 3.72. The van der Waals surface area contributed by atoms with Crippen LogP contribution in [0.15, 0.2) is 16.6 Å². The summed E-state index contributed by atoms with van der Waals surface area (Å²) in [6.45, 7) is 5.49. The fourth-order valence-electron chi connectivity index (χ4n) is 3.66. The zero-order valence-electron chi connectivity index (χ0n) is 16.2. The molecule has 27 heavy (non-hydrogen) atoms. The molecule has 0 bridgehead atoms. The molecule has 6 nitrogen and oxygen atoms in total. The van der Waals surface area contributed by atoms with Gasteiger partial charge in [0.1, 0.15) is 0 Å². The van der Waals surface area contributed by atoms with Gasteiger partial charge in [-0.1, -0.05) is 19.3 Å². The molecule has 1 saturated carbocycles. The molecular formula is C19H34IN5OS. The average molecular weight is 507 g/mol. The van der Waals surface area contributed by atoms with Crippen LogP contribution in [0.5, 0.6) is 0 Å². The highest BCUT2D eigenvalue weighted by molar-refractivity contribution is 14.0. The number of ether oxygens (including phenoxy) is 1. The second-order valence-electron chi connectivity index (χ2n) is 7.22. The molecular weight excluding hydrogens is 473 g/mol. The lowest BCUT2D eigenvalue weighted by molar-refractivity contribution is 0.0264. The van der Waals surface area contributed by atoms with Gasteiger partial charge in [-0.2, -0.15) is 0 Å². The monoisotopic (exact) mass is 507 g/mol. The Bertz CT molecular complexity index is 528. The first-order valence-electron chi connectivity index (χ1n) is 10.1. The molecule has 0 amide bonds. The summed E-state index contributed by atoms with van der Waals surface area (Å²) in [5.41, 5.74) is 6.17. The van der Waals surface area contributed by atoms with E-state index in [9.17, 15) is 0 Å². The van der Waals surface area contributed by atoms with E-state index in [0.717, 1.165) is 57.3 Å². The Morgan fingerprint density at radius 3 is 2.63 bits per heavy atom. The fourth-order valence-corrected chi connectivity index (χ4v) is 4.36. The van der Waals surface area contributed by atoms with E-state index in [4.69, 9.17) is 10.5 Å². The number of anilines is 1. The summed E-state index contributed by atoms with van der Waals surface area (Å²) in [6.07, 6.45) is 12.4. The number of rotatable bonds is 8. The first kappa shape index (κ1) is 22.7. The van der Waals surface area contributed by atoms with Gasteiger partial charge in [0.05, 0.1) is 6.10 Å². The number of aliphatic imine (C=N–C) groups is 1. The third-order valence-corrected chi connectivity index (χ3v) is 6.11. The van der Waals surface area contributed by atoms with Crippen molar-refractivity contribution in [2.24, 2.45) is 10.7 Å². The van der Waals surface area contributed by atoms with Crippen LogP contribution in [0.3, 0.4) is 0 Å². The Morgan fingerprint density at radius 1 is 1.15 bits per heavy atom. The topological polar surface area (TPSA) is 67.0 Å². The van der Waals surface area contributed by atoms with E-state index in [1.165, 1.54) is 38.5 Å². The van der Waals surface area contributed by atoms with Crippen LogP contribution in [-0.2, 0) is 4.74 Å². The van der Waals surface area contributed by atoms with Crippen molar-refractivity contribution in [2.45, 2.75) is 57.5 Å². The van der Waals surface area contributed by atoms with Gasteiger partial charge in [0, 0.05) is 50.9 Å². The standard InChI is InChI=1S/C19H33N5OS.HI/c20-18(23-11-13-24(14-12-23)19-22-10-16-26-19)21-9-5-2-6-15-25-17-7-3-1-4-8-17;/h10,16-17H,1-9,11-15H2,(H2,20,21);1H. The second kappa shape index (κ2) is 12.8. The van der Waals surface area contributed by atoms with Gasteiger partial charge in [0.15, 0.2) is 11.1 Å². The maximum Gasteiger partial charge on any atom is 0.191 e. The largest absolute Gasteiger partial charge is 0.378 e. The van der Waals surface area contributed by atoms with E-state index in [2.05, 4.69) is 19.8 Å². The molecule has 1 aliphatic carbocycles. The molecule has 8 heteroatoms. The Kier molecular flexibility index (Phi) is 10.7. The number of unbranched alkanes of at least 4 members (excludes halogenated alkanes) is 2. The molecule has 1 aromatic heterocycles. The molecule has 154 valence electrons. The Hall–Kier alpha value is -0.610. The van der Waals surface area contributed by atoms with E-state index < -0.39 is 0 Å². The highest BCUT2D eigenvalue weighted by Crippen LogP contribution is 2.20. The first-order chi connectivity index (χ1) is 12.8. The van der Waals surface area contributed by atoms with Gasteiger partial charge in [-0.05, 0) is 32.1 Å². The quantitative estimate of drug-likeness (QED) is 0.252. The summed E-state index contributed by atoms with van der Waals surface area (Å²) in [5.74, 6) is 0.697. The van der Waals surface area contributed by atoms with E-state index in [1.807, 2.05) is 11.6 Å². The van der Waals surface area contributed by atoms with Crippen LogP contribution in [0.25, 0.3) is 0 Å². The normalized spacial score (nSPS) is 19.2. The smallest absolute Gasteiger partial charge is 0.191 e. The molecule has 0 atom stereocenters. The van der Waals surface area contributed by atoms with Crippen LogP contribution >= 0.6 is 35.3 Å². The third kappa shape index (κ3) is 7.73. The van der Waals surface area contributed by atoms with Crippen molar-refractivity contribution in [1.29, 1.82) is 0 Å². The van der Waals surface area contributed by atoms with E-state index >= 15 is 0 Å². The maximum atomic E-state index is 6.17. The second-order valence-corrected chi connectivity index (χ2v) is 8.09. The SMILES string of the molecule is I.NC(=NCCCCCOC1CCCCC1)N1CCN(c2nccs2)CC1. The Balaban J connectivity index is 0.00000261. The maximum absolute atomic E-state index is 6.17. The lowest BCUT2D eigenvalue weighted by Crippen LogP contribution is -2.51. The minimum atomic E-state index is 0. The summed E-state index contributed by atoms with van der Waals surface area (Å²) in [6, 6.07) is 0. The van der Waals surface area contributed by atoms with Crippen LogP contribution in [0, 0.1) is 0 Å². The van der Waals surface area contributed by atoms with Gasteiger partial charge in [-0.25, -0.2) is 4.98 Å². The number of aromatic nitrogens is 1. The number of halogens is 1. The molecule has 0 spiro atoms. The molecule has 3 rings (SSSR count). The number of hydrogen-bond acceptors (Lipinski definition) is 5. The molecule has 1 saturated heterocycles. The van der Waals surface area contributed by atoms with Crippen molar-refractivity contribution in [3.05, 3.63) is 11.6 Å². The van der Waals surface area contributed by atoms with Crippen molar-refractivity contribution in [3.8, 4) is 0 Å². The third-order valence-electron chi connectivity index (χ3n) is 5.28. The molecule has 1 aliphatic heterocycles. The minimum absolute atomic E-state index is 0. The Labute approximate surface area is 184 Å². The van der Waals surface area contributed by atoms with Gasteiger partial charge in [0.25, 0.3) is 0 Å². The van der Waals surface area contributed by atoms with Crippen LogP contribution < -0.4 is 10.6 Å². The van der Waals surface area contributed by atoms with Gasteiger partial charge in [-0.3, -0.25) is 4.99 Å². The van der Waals surface area contributed by atoms with Crippen LogP contribution in [0.1, 0.15) is 51.4 Å². The summed E-state index contributed by atoms with van der Waals surface area (Å²) >= 11 is 1.70. The van der Waals surface area contributed by atoms with Gasteiger partial charge >= 0.3 is 0 Å². The fraction of sp³-hybridized carbons (Fsp3) is 0.789. The molecule has 1 aromatic rings. The van der Waals surface area contributed by atoms with Crippen LogP contribution in [0.4, 0.5) is 5.13 Å². The minimum Gasteiger partial charge on any atom is -0.378 e. The van der Waals surface area contributed by atoms with Gasteiger partial charge in [-0.15, -0.1) is 35.3 Å². The number of nitrogens with two attached hydrogens (primary N) is 1. The summed E-state index contributed by atoms with van der Waals surface area (Å²) in [5, 5.41) is 3.13. The zero-order valence-corrected chi connectivity index (χ0v) is 19.4. The van der Waals surface area contributed by atoms with Crippen molar-refractivity contribution < 1.29 is 4.74 Å². The van der Waals surface area contributed by atoms with Crippen LogP contribution in [-0.4, -0.2) is 61.3 Å². The van der Waals surface area contributed by atoms with Crippen molar-refractivity contribution in [1.82, 2.24) is 9.88 Å². The lowest BCUT2D eigenvalue weighted by atomic mass is 9.98. The average Bonchev–Trinajstić information content (AvgIpc) is 3.23. The molecule has 2 fully saturated rings. The summed E-state index contributed by atoms with van der Waals surface area (Å²) in [4.78, 5) is 13.5. The van der Waals surface area contributed by atoms with E-state index in [-0.39, 0.29) is 24.0 Å². The Morgan fingerprint density at radius 2 is 1.93 bits per heavy atom. The molecule has 2 aliphatic rings. The molecule has 0 aromatic carbocycles. The summed E-state index contributed by atoms with van der Waals surface area (Å²) in [7, 11) is 0. The van der Waals surface area contributed by atoms with Crippen molar-refractivity contribution >= 4 is 46.4 Å². The number of nitrogens with zero attached hydrogens (tertiary/aromatic N) is 4. The first-order valence-corrected chi connectivity index (χ1v) is 11.0. The molecule has 0 unspecified atom stereocenters. The highest BCUT2D eigenvalue weighted by atomic mass is 127. The predicted molar refractivity (Wildman–Crippen MR) is 124 cm³/mol. The van der Waals surface area contributed by atoms with Crippen LogP contribution in [0.2, 0.25) is 0 Å². The summed E-state index contributed by atoms with van der Waals surface area (Å²) < 4.78 is 5.97. The van der Waals surface area contributed by atoms with E-state index in [1.54, 1.807) is 11.3 Å². The zero-order chi connectivity index (χ0) is 18.0.